The Balaban J connectivity index is 1.62. The van der Waals surface area contributed by atoms with Crippen LogP contribution in [0, 0.1) is 17.3 Å². The van der Waals surface area contributed by atoms with Crippen LogP contribution in [-0.4, -0.2) is 48.6 Å². The monoisotopic (exact) mass is 240 g/mol. The normalized spacial score (nSPS) is 43.5. The molecule has 0 spiro atoms. The molecule has 0 saturated carbocycles. The highest BCUT2D eigenvalue weighted by Gasteiger charge is 2.41. The summed E-state index contributed by atoms with van der Waals surface area (Å²) in [6, 6.07) is 0.861. The molecule has 16 heavy (non-hydrogen) atoms. The molecular formula is C13H24N2S. The fraction of sp³-hybridized carbons (Fsp3) is 1.00. The molecular weight excluding hydrogens is 216 g/mol. The Hall–Kier alpha value is 0.270. The quantitative estimate of drug-likeness (QED) is 0.750. The van der Waals surface area contributed by atoms with Crippen molar-refractivity contribution >= 4 is 11.8 Å². The minimum absolute atomic E-state index is 0.559. The fourth-order valence-corrected chi connectivity index (χ4v) is 5.04. The third-order valence-corrected chi connectivity index (χ3v) is 6.13. The van der Waals surface area contributed by atoms with E-state index in [0.29, 0.717) is 5.41 Å². The van der Waals surface area contributed by atoms with E-state index >= 15 is 0 Å². The average Bonchev–Trinajstić information content (AvgIpc) is 2.74. The summed E-state index contributed by atoms with van der Waals surface area (Å²) in [5.74, 6) is 4.63. The van der Waals surface area contributed by atoms with Gasteiger partial charge in [-0.3, -0.25) is 4.90 Å². The largest absolute Gasteiger partial charge is 0.316 e. The lowest BCUT2D eigenvalue weighted by Crippen LogP contribution is -2.43. The van der Waals surface area contributed by atoms with E-state index in [1.54, 1.807) is 0 Å². The maximum absolute atomic E-state index is 3.53. The molecule has 0 radical (unpaired) electrons. The zero-order valence-electron chi connectivity index (χ0n) is 10.5. The second kappa shape index (κ2) is 4.18. The second-order valence-corrected chi connectivity index (χ2v) is 7.70. The van der Waals surface area contributed by atoms with Gasteiger partial charge >= 0.3 is 0 Å². The van der Waals surface area contributed by atoms with Gasteiger partial charge in [0, 0.05) is 24.9 Å². The predicted octanol–water partition coefficient (Wildman–Crippen LogP) is 1.67. The van der Waals surface area contributed by atoms with Gasteiger partial charge in [-0.2, -0.15) is 11.8 Å². The van der Waals surface area contributed by atoms with E-state index in [1.165, 1.54) is 44.1 Å². The zero-order chi connectivity index (χ0) is 11.2. The summed E-state index contributed by atoms with van der Waals surface area (Å²) in [4.78, 5) is 2.80. The Bertz CT molecular complexity index is 255. The van der Waals surface area contributed by atoms with Gasteiger partial charge < -0.3 is 5.32 Å². The van der Waals surface area contributed by atoms with Crippen molar-refractivity contribution < 1.29 is 0 Å². The van der Waals surface area contributed by atoms with Gasteiger partial charge in [0.15, 0.2) is 0 Å². The topological polar surface area (TPSA) is 15.3 Å². The van der Waals surface area contributed by atoms with Crippen LogP contribution in [0.2, 0.25) is 0 Å². The number of hydrogen-bond acceptors (Lipinski definition) is 3. The van der Waals surface area contributed by atoms with E-state index < -0.39 is 0 Å². The molecule has 3 heteroatoms. The summed E-state index contributed by atoms with van der Waals surface area (Å²) < 4.78 is 0. The SMILES string of the molecule is CC1(C)CSCC(N2C[C@H]3CNC[C@H]3C2)C1. The molecule has 3 fully saturated rings. The van der Waals surface area contributed by atoms with Crippen molar-refractivity contribution in [2.75, 3.05) is 37.7 Å². The molecule has 0 aromatic carbocycles. The Kier molecular flexibility index (Phi) is 2.97. The number of rotatable bonds is 1. The summed E-state index contributed by atoms with van der Waals surface area (Å²) in [5.41, 5.74) is 0.559. The van der Waals surface area contributed by atoms with E-state index in [9.17, 15) is 0 Å². The van der Waals surface area contributed by atoms with Crippen molar-refractivity contribution in [3.05, 3.63) is 0 Å². The molecule has 0 aromatic heterocycles. The summed E-state index contributed by atoms with van der Waals surface area (Å²) in [6.07, 6.45) is 1.41. The first-order chi connectivity index (χ1) is 7.64. The van der Waals surface area contributed by atoms with Crippen molar-refractivity contribution in [2.45, 2.75) is 26.3 Å². The van der Waals surface area contributed by atoms with E-state index in [1.807, 2.05) is 0 Å². The Morgan fingerprint density at radius 1 is 1.19 bits per heavy atom. The van der Waals surface area contributed by atoms with Crippen molar-refractivity contribution in [3.63, 3.8) is 0 Å². The summed E-state index contributed by atoms with van der Waals surface area (Å²) >= 11 is 2.17. The maximum atomic E-state index is 3.53. The molecule has 3 aliphatic rings. The van der Waals surface area contributed by atoms with Gasteiger partial charge in [0.1, 0.15) is 0 Å². The van der Waals surface area contributed by atoms with Gasteiger partial charge in [0.05, 0.1) is 0 Å². The maximum Gasteiger partial charge on any atom is 0.0192 e. The molecule has 2 nitrogen and oxygen atoms in total. The van der Waals surface area contributed by atoms with E-state index in [2.05, 4.69) is 35.8 Å². The van der Waals surface area contributed by atoms with Gasteiger partial charge in [-0.1, -0.05) is 13.8 Å². The number of nitrogens with zero attached hydrogens (tertiary/aromatic N) is 1. The van der Waals surface area contributed by atoms with Crippen molar-refractivity contribution in [3.8, 4) is 0 Å². The fourth-order valence-electron chi connectivity index (χ4n) is 3.65. The second-order valence-electron chi connectivity index (χ2n) is 6.67. The van der Waals surface area contributed by atoms with Gasteiger partial charge in [-0.15, -0.1) is 0 Å². The van der Waals surface area contributed by atoms with Crippen LogP contribution in [0.1, 0.15) is 20.3 Å². The van der Waals surface area contributed by atoms with Gasteiger partial charge in [-0.05, 0) is 42.5 Å². The number of fused-ring (bicyclic) bond motifs is 1. The Morgan fingerprint density at radius 3 is 2.50 bits per heavy atom. The third-order valence-electron chi connectivity index (χ3n) is 4.53. The lowest BCUT2D eigenvalue weighted by atomic mass is 9.87. The Labute approximate surface area is 104 Å². The molecule has 1 N–H and O–H groups in total. The van der Waals surface area contributed by atoms with Crippen LogP contribution in [0.4, 0.5) is 0 Å². The Morgan fingerprint density at radius 2 is 1.88 bits per heavy atom. The third kappa shape index (κ3) is 2.14. The smallest absolute Gasteiger partial charge is 0.0192 e. The van der Waals surface area contributed by atoms with Crippen molar-refractivity contribution in [1.82, 2.24) is 10.2 Å². The number of thioether (sulfide) groups is 1. The number of likely N-dealkylation sites (tertiary alicyclic amines) is 1. The minimum atomic E-state index is 0.559. The number of nitrogens with one attached hydrogen (secondary N) is 1. The molecule has 0 bridgehead atoms. The first-order valence-electron chi connectivity index (χ1n) is 6.67. The standard InChI is InChI=1S/C13H24N2S/c1-13(2)3-12(8-16-9-13)15-6-10-4-14-5-11(10)7-15/h10-12,14H,3-9H2,1-2H3/t10-,11+,12?. The molecule has 3 saturated heterocycles. The molecule has 3 heterocycles. The van der Waals surface area contributed by atoms with E-state index in [0.717, 1.165) is 17.9 Å². The van der Waals surface area contributed by atoms with Crippen LogP contribution < -0.4 is 5.32 Å². The van der Waals surface area contributed by atoms with E-state index in [4.69, 9.17) is 0 Å². The molecule has 3 atom stereocenters. The summed E-state index contributed by atoms with van der Waals surface area (Å²) in [6.45, 7) is 10.1. The summed E-state index contributed by atoms with van der Waals surface area (Å²) in [7, 11) is 0. The van der Waals surface area contributed by atoms with Crippen LogP contribution >= 0.6 is 11.8 Å². The van der Waals surface area contributed by atoms with Gasteiger partial charge in [-0.25, -0.2) is 0 Å². The molecule has 3 aliphatic heterocycles. The first-order valence-corrected chi connectivity index (χ1v) is 7.82. The first kappa shape index (κ1) is 11.4. The predicted molar refractivity (Wildman–Crippen MR) is 70.9 cm³/mol. The summed E-state index contributed by atoms with van der Waals surface area (Å²) in [5, 5.41) is 3.53. The highest BCUT2D eigenvalue weighted by molar-refractivity contribution is 7.99. The molecule has 0 amide bonds. The molecule has 0 aromatic rings. The highest BCUT2D eigenvalue weighted by atomic mass is 32.2. The molecule has 92 valence electrons. The van der Waals surface area contributed by atoms with Gasteiger partial charge in [0.25, 0.3) is 0 Å². The van der Waals surface area contributed by atoms with Crippen molar-refractivity contribution in [2.24, 2.45) is 17.3 Å². The molecule has 3 rings (SSSR count). The van der Waals surface area contributed by atoms with Crippen LogP contribution in [0.3, 0.4) is 0 Å². The average molecular weight is 240 g/mol. The van der Waals surface area contributed by atoms with Gasteiger partial charge in [0.2, 0.25) is 0 Å². The number of hydrogen-bond donors (Lipinski definition) is 1. The lowest BCUT2D eigenvalue weighted by molar-refractivity contribution is 0.180. The van der Waals surface area contributed by atoms with Crippen LogP contribution in [0.15, 0.2) is 0 Å². The highest BCUT2D eigenvalue weighted by Crippen LogP contribution is 2.38. The van der Waals surface area contributed by atoms with Crippen LogP contribution in [0.5, 0.6) is 0 Å². The van der Waals surface area contributed by atoms with E-state index in [-0.39, 0.29) is 0 Å². The minimum Gasteiger partial charge on any atom is -0.316 e. The zero-order valence-corrected chi connectivity index (χ0v) is 11.4. The van der Waals surface area contributed by atoms with Crippen LogP contribution in [0.25, 0.3) is 0 Å². The lowest BCUT2D eigenvalue weighted by Gasteiger charge is -2.39. The molecule has 0 aliphatic carbocycles. The molecule has 1 unspecified atom stereocenters. The van der Waals surface area contributed by atoms with Crippen LogP contribution in [-0.2, 0) is 0 Å². The van der Waals surface area contributed by atoms with Crippen molar-refractivity contribution in [1.29, 1.82) is 0 Å².